The van der Waals surface area contributed by atoms with Gasteiger partial charge in [0.15, 0.2) is 0 Å². The molecule has 670 valence electrons. The van der Waals surface area contributed by atoms with Crippen LogP contribution in [0.4, 0.5) is 0 Å². The lowest BCUT2D eigenvalue weighted by atomic mass is 9.94. The molecule has 15 aromatic carbocycles. The van der Waals surface area contributed by atoms with E-state index in [4.69, 9.17) is 39.9 Å². The zero-order valence-electron chi connectivity index (χ0n) is 79.9. The highest BCUT2D eigenvalue weighted by Gasteiger charge is 2.21. The molecule has 0 atom stereocenters. The zero-order chi connectivity index (χ0) is 95.4. The summed E-state index contributed by atoms with van der Waals surface area (Å²) in [6.45, 7) is 21.2. The molecule has 0 saturated heterocycles. The van der Waals surface area contributed by atoms with Gasteiger partial charge >= 0.3 is 0 Å². The van der Waals surface area contributed by atoms with Crippen molar-refractivity contribution in [3.05, 3.63) is 481 Å². The van der Waals surface area contributed by atoms with Crippen LogP contribution in [0.2, 0.25) is 0 Å². The number of aryl methyl sites for hydroxylation is 10. The Morgan fingerprint density at radius 3 is 0.621 bits per heavy atom. The predicted octanol–water partition coefficient (Wildman–Crippen LogP) is 33.7. The van der Waals surface area contributed by atoms with E-state index in [1.54, 1.807) is 0 Å². The second-order valence-electron chi connectivity index (χ2n) is 36.4. The summed E-state index contributed by atoms with van der Waals surface area (Å²) < 4.78 is 0. The molecule has 10 heteroatoms. The van der Waals surface area contributed by atoms with E-state index in [1.807, 2.05) is 73.6 Å². The van der Waals surface area contributed by atoms with Crippen molar-refractivity contribution in [2.75, 3.05) is 0 Å². The minimum atomic E-state index is 0.946. The van der Waals surface area contributed by atoms with Crippen LogP contribution in [-0.2, 0) is 0 Å². The standard InChI is InChI=1S/C28H24N2.3C26H20N2.C24H16N2/c1-17-11-18(2)14-21(13-17)23-7-9-29-27-25(23)5-6-26-24(8-10-30-28(26)27)22-15-19(3)12-20(4)16-22;1-17-5-3-7-19(15-17)21-11-13-27-25-23(21)9-10-24-22(12-14-28-26(24)25)20-8-4-6-18(2)16-20;1-17-15-23(19-9-5-3-6-10-19)21-13-14-22-24(20-11-7-4-8-12-20)16-18(2)28-26(22)25(21)27-17;1-17-15-23(19-9-5-3-6-10-19)27-25-21(17)13-14-22-18(2)16-24(28-26(22)25)20-11-7-4-8-12-20;1-3-7-17(8-4-1)19-13-15-25-23-21(19)11-12-22-20(14-16-26-24(22)23)18-9-5-2-6-10-18/h5-16H,1-4H3;3*3-16H,1-2H3;1-16H. The molecule has 0 aliphatic heterocycles. The smallest absolute Gasteiger partial charge is 0.0975 e. The number of hydrogen-bond acceptors (Lipinski definition) is 10. The summed E-state index contributed by atoms with van der Waals surface area (Å²) >= 11 is 0. The van der Waals surface area contributed by atoms with Crippen LogP contribution in [0, 0.1) is 69.2 Å². The molecule has 0 aliphatic carbocycles. The number of rotatable bonds is 10. The highest BCUT2D eigenvalue weighted by atomic mass is 14.8. The molecule has 0 bridgehead atoms. The van der Waals surface area contributed by atoms with Gasteiger partial charge in [-0.3, -0.25) is 39.9 Å². The first-order valence-electron chi connectivity index (χ1n) is 47.6. The van der Waals surface area contributed by atoms with Crippen molar-refractivity contribution in [1.82, 2.24) is 49.8 Å². The molecule has 0 radical (unpaired) electrons. The maximum atomic E-state index is 5.05. The number of pyridine rings is 10. The lowest BCUT2D eigenvalue weighted by Gasteiger charge is -2.13. The minimum absolute atomic E-state index is 0.946. The van der Waals surface area contributed by atoms with Crippen LogP contribution in [0.15, 0.2) is 425 Å². The van der Waals surface area contributed by atoms with E-state index in [0.29, 0.717) is 0 Å². The van der Waals surface area contributed by atoms with Crippen LogP contribution >= 0.6 is 0 Å². The number of hydrogen-bond donors (Lipinski definition) is 0. The Balaban J connectivity index is 0.000000104. The van der Waals surface area contributed by atoms with Gasteiger partial charge in [-0.25, -0.2) is 9.97 Å². The first-order chi connectivity index (χ1) is 68.5. The molecule has 0 fully saturated rings. The Morgan fingerprint density at radius 1 is 0.136 bits per heavy atom. The van der Waals surface area contributed by atoms with Gasteiger partial charge in [0, 0.05) is 114 Å². The second-order valence-corrected chi connectivity index (χ2v) is 36.4. The normalized spacial score (nSPS) is 11.2. The molecule has 0 aliphatic rings. The molecule has 10 nitrogen and oxygen atoms in total. The van der Waals surface area contributed by atoms with E-state index in [-0.39, 0.29) is 0 Å². The van der Waals surface area contributed by atoms with Gasteiger partial charge in [-0.15, -0.1) is 0 Å². The monoisotopic (exact) mass is 1800 g/mol. The van der Waals surface area contributed by atoms with Crippen LogP contribution in [0.5, 0.6) is 0 Å². The van der Waals surface area contributed by atoms with E-state index in [9.17, 15) is 0 Å². The SMILES string of the molecule is Cc1cc(-c2ccccc2)c2ccc3c(-c4ccccc4)cc(C)nc3c2n1.Cc1cc(-c2ccccc2)nc2c1ccc1c(C)cc(-c3ccccc3)nc12.Cc1cc(C)cc(-c2ccnc3c2ccc2c(-c4cc(C)cc(C)c4)ccnc23)c1.Cc1cccc(-c2ccnc3c2ccc2c(-c4cccc(C)c4)ccnc23)c1.c1ccc(-c2ccnc3c2ccc2c(-c4ccccc4)ccnc23)cc1. The van der Waals surface area contributed by atoms with Crippen LogP contribution in [0.1, 0.15) is 55.9 Å². The van der Waals surface area contributed by atoms with E-state index in [2.05, 4.69) is 431 Å². The quantitative estimate of drug-likeness (QED) is 0.122. The molecule has 0 unspecified atom stereocenters. The number of aromatic nitrogens is 10. The summed E-state index contributed by atoms with van der Waals surface area (Å²) in [4.78, 5) is 48.1. The third kappa shape index (κ3) is 18.2. The summed E-state index contributed by atoms with van der Waals surface area (Å²) in [6, 6.07) is 136. The maximum Gasteiger partial charge on any atom is 0.0975 e. The van der Waals surface area contributed by atoms with Gasteiger partial charge < -0.3 is 0 Å². The van der Waals surface area contributed by atoms with E-state index < -0.39 is 0 Å². The van der Waals surface area contributed by atoms with E-state index in [1.165, 1.54) is 134 Å². The van der Waals surface area contributed by atoms with Crippen LogP contribution < -0.4 is 0 Å². The van der Waals surface area contributed by atoms with Gasteiger partial charge in [0.25, 0.3) is 0 Å². The van der Waals surface area contributed by atoms with E-state index in [0.717, 1.165) is 143 Å². The fraction of sp³-hybridized carbons (Fsp3) is 0.0769. The van der Waals surface area contributed by atoms with Crippen molar-refractivity contribution < 1.29 is 0 Å². The Bertz CT molecular complexity index is 8470. The lowest BCUT2D eigenvalue weighted by Crippen LogP contribution is -1.94. The third-order valence-corrected chi connectivity index (χ3v) is 26.3. The molecule has 0 N–H and O–H groups in total. The zero-order valence-corrected chi connectivity index (χ0v) is 79.9. The average molecular weight is 1800 g/mol. The van der Waals surface area contributed by atoms with Crippen molar-refractivity contribution in [2.24, 2.45) is 0 Å². The fourth-order valence-corrected chi connectivity index (χ4v) is 19.9. The highest BCUT2D eigenvalue weighted by molar-refractivity contribution is 6.16. The molecule has 25 aromatic rings. The molecule has 10 heterocycles. The molecule has 10 aromatic heterocycles. The summed E-state index contributed by atoms with van der Waals surface area (Å²) in [5.74, 6) is 0. The fourth-order valence-electron chi connectivity index (χ4n) is 19.9. The van der Waals surface area contributed by atoms with Gasteiger partial charge in [0.1, 0.15) is 0 Å². The second kappa shape index (κ2) is 39.0. The summed E-state index contributed by atoms with van der Waals surface area (Å²) in [5, 5.41) is 11.4. The number of benzene rings is 15. The first kappa shape index (κ1) is 89.0. The van der Waals surface area contributed by atoms with Gasteiger partial charge in [0.2, 0.25) is 0 Å². The largest absolute Gasteiger partial charge is 0.254 e. The van der Waals surface area contributed by atoms with Crippen molar-refractivity contribution >= 4 is 109 Å². The van der Waals surface area contributed by atoms with Crippen molar-refractivity contribution in [2.45, 2.75) is 69.2 Å². The molecule has 140 heavy (non-hydrogen) atoms. The molecular weight excluding hydrogens is 1700 g/mol. The molecule has 25 rings (SSSR count). The predicted molar refractivity (Wildman–Crippen MR) is 587 cm³/mol. The number of fused-ring (bicyclic) bond motifs is 15. The van der Waals surface area contributed by atoms with Gasteiger partial charge in [-0.05, 0) is 230 Å². The van der Waals surface area contributed by atoms with Crippen LogP contribution in [0.25, 0.3) is 221 Å². The van der Waals surface area contributed by atoms with Crippen LogP contribution in [0.3, 0.4) is 0 Å². The highest BCUT2D eigenvalue weighted by Crippen LogP contribution is 2.43. The van der Waals surface area contributed by atoms with Crippen LogP contribution in [-0.4, -0.2) is 49.8 Å². The topological polar surface area (TPSA) is 129 Å². The van der Waals surface area contributed by atoms with Crippen molar-refractivity contribution in [1.29, 1.82) is 0 Å². The van der Waals surface area contributed by atoms with Gasteiger partial charge in [-0.1, -0.05) is 361 Å². The minimum Gasteiger partial charge on any atom is -0.254 e. The molecule has 0 amide bonds. The Morgan fingerprint density at radius 2 is 0.350 bits per heavy atom. The third-order valence-electron chi connectivity index (χ3n) is 26.3. The average Bonchev–Trinajstić information content (AvgIpc) is 0.756. The van der Waals surface area contributed by atoms with Crippen molar-refractivity contribution in [3.63, 3.8) is 0 Å². The summed E-state index contributed by atoms with van der Waals surface area (Å²) in [7, 11) is 0. The lowest BCUT2D eigenvalue weighted by molar-refractivity contribution is 1.23. The van der Waals surface area contributed by atoms with E-state index >= 15 is 0 Å². The molecular formula is C130H100N10. The Labute approximate surface area is 815 Å². The first-order valence-corrected chi connectivity index (χ1v) is 47.6. The Hall–Kier alpha value is -17.6. The number of nitrogens with zero attached hydrogens (tertiary/aromatic N) is 10. The Kier molecular flexibility index (Phi) is 24.8. The summed E-state index contributed by atoms with van der Waals surface area (Å²) in [6.07, 6.45) is 11.3. The van der Waals surface area contributed by atoms with Gasteiger partial charge in [0.05, 0.1) is 66.6 Å². The van der Waals surface area contributed by atoms with Crippen molar-refractivity contribution in [3.8, 4) is 112 Å². The molecule has 0 saturated carbocycles. The molecule has 0 spiro atoms. The maximum absolute atomic E-state index is 5.05. The van der Waals surface area contributed by atoms with Gasteiger partial charge in [-0.2, -0.15) is 0 Å². The summed E-state index contributed by atoms with van der Waals surface area (Å²) in [5.41, 5.74) is 45.1.